The van der Waals surface area contributed by atoms with Gasteiger partial charge in [-0.05, 0) is 12.1 Å². The van der Waals surface area contributed by atoms with E-state index in [0.29, 0.717) is 0 Å². The second-order valence-electron chi connectivity index (χ2n) is 4.77. The summed E-state index contributed by atoms with van der Waals surface area (Å²) in [6.07, 6.45) is -1.91. The summed E-state index contributed by atoms with van der Waals surface area (Å²) in [6.45, 7) is -0.811. The molecule has 120 valence electrons. The van der Waals surface area contributed by atoms with Crippen molar-refractivity contribution in [3.8, 4) is 0 Å². The Kier molecular flexibility index (Phi) is 4.43. The first-order valence-corrected chi connectivity index (χ1v) is 6.40. The average Bonchev–Trinajstić information content (AvgIpc) is 2.67. The molecule has 2 rings (SSSR count). The van der Waals surface area contributed by atoms with Crippen molar-refractivity contribution in [2.45, 2.75) is 24.7 Å². The maximum Gasteiger partial charge on any atom is 0.342 e. The molecule has 0 unspecified atom stereocenters. The van der Waals surface area contributed by atoms with Crippen molar-refractivity contribution in [2.24, 2.45) is 0 Å². The van der Waals surface area contributed by atoms with Gasteiger partial charge in [-0.3, -0.25) is 4.79 Å². The van der Waals surface area contributed by atoms with Crippen LogP contribution in [0, 0.1) is 0 Å². The highest BCUT2D eigenvalue weighted by molar-refractivity contribution is 5.89. The van der Waals surface area contributed by atoms with Crippen molar-refractivity contribution in [3.05, 3.63) is 35.9 Å². The normalized spacial score (nSPS) is 26.5. The van der Waals surface area contributed by atoms with Gasteiger partial charge in [0.15, 0.2) is 6.10 Å². The van der Waals surface area contributed by atoms with Gasteiger partial charge < -0.3 is 19.3 Å². The Morgan fingerprint density at radius 3 is 2.59 bits per heavy atom. The van der Waals surface area contributed by atoms with Gasteiger partial charge in [-0.25, -0.2) is 4.79 Å². The molecule has 0 spiro atoms. The third kappa shape index (κ3) is 3.07. The Morgan fingerprint density at radius 2 is 2.00 bits per heavy atom. The monoisotopic (exact) mass is 316 g/mol. The molecule has 0 aliphatic carbocycles. The number of carbonyl (C=O) groups is 2. The number of ether oxygens (including phenoxy) is 3. The molecule has 0 saturated carbocycles. The molecule has 1 fully saturated rings. The minimum Gasteiger partial charge on any atom is -0.459 e. The van der Waals surface area contributed by atoms with E-state index >= 15 is 0 Å². The highest BCUT2D eigenvalue weighted by atomic mass is 19.3. The third-order valence-electron chi connectivity index (χ3n) is 3.09. The number of carbonyl (C=O) groups excluding carboxylic acids is 2. The molecule has 1 heterocycles. The Morgan fingerprint density at radius 1 is 1.36 bits per heavy atom. The molecule has 6 nitrogen and oxygen atoms in total. The zero-order chi connectivity index (χ0) is 16.4. The van der Waals surface area contributed by atoms with Crippen LogP contribution < -0.4 is 0 Å². The molecule has 8 heteroatoms. The zero-order valence-corrected chi connectivity index (χ0v) is 11.6. The second kappa shape index (κ2) is 5.98. The standard InChI is InChI=1S/C14H14F2O6/c1-9(17)22-13(19)8-21-11(14(13,15)16)7-20-12(18)10-5-3-2-4-6-10/h2-6,11,19H,7-8H2,1H3/t11-,13-/m1/s1. The second-order valence-corrected chi connectivity index (χ2v) is 4.77. The van der Waals surface area contributed by atoms with E-state index in [-0.39, 0.29) is 5.56 Å². The lowest BCUT2D eigenvalue weighted by Gasteiger charge is -2.28. The lowest BCUT2D eigenvalue weighted by molar-refractivity contribution is -0.285. The van der Waals surface area contributed by atoms with Crippen LogP contribution in [0.15, 0.2) is 30.3 Å². The molecule has 1 N–H and O–H groups in total. The van der Waals surface area contributed by atoms with Gasteiger partial charge in [-0.15, -0.1) is 0 Å². The Balaban J connectivity index is 2.00. The molecule has 1 aliphatic rings. The Hall–Kier alpha value is -2.06. The minimum absolute atomic E-state index is 0.194. The van der Waals surface area contributed by atoms with E-state index in [2.05, 4.69) is 4.74 Å². The summed E-state index contributed by atoms with van der Waals surface area (Å²) < 4.78 is 41.8. The Bertz CT molecular complexity index is 562. The molecular formula is C14H14F2O6. The molecule has 1 aliphatic heterocycles. The smallest absolute Gasteiger partial charge is 0.342 e. The van der Waals surface area contributed by atoms with E-state index < -0.39 is 43.0 Å². The van der Waals surface area contributed by atoms with Gasteiger partial charge in [0.2, 0.25) is 0 Å². The largest absolute Gasteiger partial charge is 0.459 e. The van der Waals surface area contributed by atoms with Crippen LogP contribution in [0.3, 0.4) is 0 Å². The van der Waals surface area contributed by atoms with Crippen LogP contribution in [-0.4, -0.2) is 48.1 Å². The highest BCUT2D eigenvalue weighted by Crippen LogP contribution is 2.41. The predicted molar refractivity (Wildman–Crippen MR) is 68.1 cm³/mol. The fourth-order valence-corrected chi connectivity index (χ4v) is 1.96. The molecule has 0 bridgehead atoms. The molecule has 1 aromatic rings. The van der Waals surface area contributed by atoms with E-state index in [9.17, 15) is 23.5 Å². The van der Waals surface area contributed by atoms with Crippen molar-refractivity contribution >= 4 is 11.9 Å². The molecule has 1 aromatic carbocycles. The molecule has 0 radical (unpaired) electrons. The van der Waals surface area contributed by atoms with Crippen molar-refractivity contribution in [3.63, 3.8) is 0 Å². The zero-order valence-electron chi connectivity index (χ0n) is 11.6. The van der Waals surface area contributed by atoms with Gasteiger partial charge in [0.25, 0.3) is 0 Å². The summed E-state index contributed by atoms with van der Waals surface area (Å²) >= 11 is 0. The summed E-state index contributed by atoms with van der Waals surface area (Å²) in [5.41, 5.74) is 0.194. The van der Waals surface area contributed by atoms with E-state index in [0.717, 1.165) is 6.92 Å². The summed E-state index contributed by atoms with van der Waals surface area (Å²) in [6, 6.07) is 7.80. The SMILES string of the molecule is CC(=O)O[C@]1(O)CO[C@H](COC(=O)c2ccccc2)C1(F)F. The first kappa shape index (κ1) is 16.3. The van der Waals surface area contributed by atoms with Crippen molar-refractivity contribution in [2.75, 3.05) is 13.2 Å². The summed E-state index contributed by atoms with van der Waals surface area (Å²) in [5.74, 6) is -8.85. The first-order valence-electron chi connectivity index (χ1n) is 6.40. The molecule has 0 amide bonds. The predicted octanol–water partition coefficient (Wildman–Crippen LogP) is 1.13. The van der Waals surface area contributed by atoms with Crippen LogP contribution in [0.5, 0.6) is 0 Å². The van der Waals surface area contributed by atoms with Crippen LogP contribution in [0.1, 0.15) is 17.3 Å². The fourth-order valence-electron chi connectivity index (χ4n) is 1.96. The van der Waals surface area contributed by atoms with Gasteiger partial charge in [-0.2, -0.15) is 8.78 Å². The van der Waals surface area contributed by atoms with Crippen LogP contribution in [0.2, 0.25) is 0 Å². The summed E-state index contributed by atoms with van der Waals surface area (Å²) in [5, 5.41) is 9.68. The summed E-state index contributed by atoms with van der Waals surface area (Å²) in [4.78, 5) is 22.5. The topological polar surface area (TPSA) is 82.1 Å². The van der Waals surface area contributed by atoms with Crippen LogP contribution in [0.4, 0.5) is 8.78 Å². The Labute approximate surface area is 124 Å². The van der Waals surface area contributed by atoms with Crippen molar-refractivity contribution < 1.29 is 37.7 Å². The lowest BCUT2D eigenvalue weighted by Crippen LogP contribution is -2.54. The summed E-state index contributed by atoms with van der Waals surface area (Å²) in [7, 11) is 0. The molecule has 22 heavy (non-hydrogen) atoms. The number of esters is 2. The van der Waals surface area contributed by atoms with Crippen LogP contribution >= 0.6 is 0 Å². The van der Waals surface area contributed by atoms with E-state index in [1.165, 1.54) is 12.1 Å². The number of rotatable bonds is 4. The number of halogens is 2. The van der Waals surface area contributed by atoms with Crippen molar-refractivity contribution in [1.29, 1.82) is 0 Å². The number of hydrogen-bond donors (Lipinski definition) is 1. The highest BCUT2D eigenvalue weighted by Gasteiger charge is 2.67. The number of benzene rings is 1. The van der Waals surface area contributed by atoms with E-state index in [4.69, 9.17) is 9.47 Å². The van der Waals surface area contributed by atoms with Gasteiger partial charge in [0.1, 0.15) is 13.2 Å². The van der Waals surface area contributed by atoms with Crippen molar-refractivity contribution in [1.82, 2.24) is 0 Å². The van der Waals surface area contributed by atoms with Gasteiger partial charge >= 0.3 is 23.6 Å². The average molecular weight is 316 g/mol. The van der Waals surface area contributed by atoms with E-state index in [1.54, 1.807) is 18.2 Å². The fraction of sp³-hybridized carbons (Fsp3) is 0.429. The maximum absolute atomic E-state index is 14.0. The van der Waals surface area contributed by atoms with Gasteiger partial charge in [0.05, 0.1) is 5.56 Å². The number of aliphatic hydroxyl groups is 1. The number of alkyl halides is 2. The quantitative estimate of drug-likeness (QED) is 0.662. The lowest BCUT2D eigenvalue weighted by atomic mass is 10.1. The number of hydrogen-bond acceptors (Lipinski definition) is 6. The van der Waals surface area contributed by atoms with Crippen LogP contribution in [0.25, 0.3) is 0 Å². The van der Waals surface area contributed by atoms with Gasteiger partial charge in [0, 0.05) is 6.92 Å². The van der Waals surface area contributed by atoms with E-state index in [1.807, 2.05) is 0 Å². The molecule has 0 aromatic heterocycles. The first-order chi connectivity index (χ1) is 10.3. The van der Waals surface area contributed by atoms with Gasteiger partial charge in [-0.1, -0.05) is 18.2 Å². The minimum atomic E-state index is -3.91. The molecular weight excluding hydrogens is 302 g/mol. The third-order valence-corrected chi connectivity index (χ3v) is 3.09. The van der Waals surface area contributed by atoms with Crippen LogP contribution in [-0.2, 0) is 19.0 Å². The maximum atomic E-state index is 14.0. The molecule has 2 atom stereocenters. The molecule has 1 saturated heterocycles.